The van der Waals surface area contributed by atoms with E-state index in [9.17, 15) is 9.59 Å². The lowest BCUT2D eigenvalue weighted by atomic mass is 9.79. The fourth-order valence-corrected chi connectivity index (χ4v) is 4.79. The topological polar surface area (TPSA) is 37.4 Å². The molecule has 0 fully saturated rings. The van der Waals surface area contributed by atoms with Gasteiger partial charge in [0.2, 0.25) is 0 Å². The number of carbonyl (C=O) groups excluding carboxylic acids is 2. The molecule has 4 heteroatoms. The highest BCUT2D eigenvalue weighted by molar-refractivity contribution is 6.41. The minimum atomic E-state index is -0.411. The van der Waals surface area contributed by atoms with E-state index in [0.29, 0.717) is 16.7 Å². The molecule has 144 valence electrons. The Labute approximate surface area is 164 Å². The third kappa shape index (κ3) is 2.70. The molecule has 0 aromatic heterocycles. The van der Waals surface area contributed by atoms with Gasteiger partial charge in [-0.05, 0) is 56.9 Å². The summed E-state index contributed by atoms with van der Waals surface area (Å²) in [6.45, 7) is 9.36. The van der Waals surface area contributed by atoms with E-state index in [2.05, 4.69) is 32.6 Å². The van der Waals surface area contributed by atoms with Gasteiger partial charge >= 0.3 is 0 Å². The van der Waals surface area contributed by atoms with E-state index in [1.54, 1.807) is 30.3 Å². The quantitative estimate of drug-likeness (QED) is 0.519. The number of Topliss-reactive ketones (excluding diaryl/α,β-unsaturated/α-hetero) is 2. The van der Waals surface area contributed by atoms with Crippen molar-refractivity contribution in [3.8, 4) is 0 Å². The van der Waals surface area contributed by atoms with E-state index in [1.165, 1.54) is 6.08 Å². The van der Waals surface area contributed by atoms with Crippen LogP contribution < -0.4 is 4.90 Å². The Balaban J connectivity index is 1.82. The Morgan fingerprint density at radius 3 is 2.32 bits per heavy atom. The Hall–Kier alpha value is -2.75. The van der Waals surface area contributed by atoms with Gasteiger partial charge in [0, 0.05) is 34.5 Å². The standard InChI is InChI=1S/C24H24FNO2/c1-5-26-21-12-20(25)15(10-18(21)14(2)13-24(26,3)4)11-19-22(27)16-8-6-7-9-17(16)23(19)28/h6-12,14H,5,13H2,1-4H3. The second-order valence-electron chi connectivity index (χ2n) is 8.36. The van der Waals surface area contributed by atoms with Gasteiger partial charge in [-0.3, -0.25) is 9.59 Å². The molecule has 1 aliphatic carbocycles. The van der Waals surface area contributed by atoms with Gasteiger partial charge in [-0.25, -0.2) is 4.39 Å². The van der Waals surface area contributed by atoms with Crippen molar-refractivity contribution in [2.75, 3.05) is 11.4 Å². The van der Waals surface area contributed by atoms with Crippen LogP contribution in [-0.4, -0.2) is 23.7 Å². The number of fused-ring (bicyclic) bond motifs is 2. The molecule has 0 radical (unpaired) electrons. The SMILES string of the molecule is CCN1c2cc(F)c(C=C3C(=O)c4ccccc4C3=O)cc2C(C)CC1(C)C. The molecule has 1 heterocycles. The van der Waals surface area contributed by atoms with Gasteiger partial charge in [-0.2, -0.15) is 0 Å². The van der Waals surface area contributed by atoms with E-state index in [0.717, 1.165) is 24.2 Å². The summed E-state index contributed by atoms with van der Waals surface area (Å²) in [5, 5.41) is 0. The largest absolute Gasteiger partial charge is 0.366 e. The molecule has 28 heavy (non-hydrogen) atoms. The molecular weight excluding hydrogens is 353 g/mol. The molecule has 0 amide bonds. The van der Waals surface area contributed by atoms with Crippen molar-refractivity contribution in [2.24, 2.45) is 0 Å². The lowest BCUT2D eigenvalue weighted by Gasteiger charge is -2.47. The first-order valence-electron chi connectivity index (χ1n) is 9.76. The van der Waals surface area contributed by atoms with Gasteiger partial charge < -0.3 is 4.90 Å². The van der Waals surface area contributed by atoms with E-state index in [-0.39, 0.29) is 28.6 Å². The smallest absolute Gasteiger partial charge is 0.197 e. The van der Waals surface area contributed by atoms with Crippen molar-refractivity contribution >= 4 is 23.3 Å². The summed E-state index contributed by atoms with van der Waals surface area (Å²) in [4.78, 5) is 27.5. The lowest BCUT2D eigenvalue weighted by molar-refractivity contribution is 0.0990. The molecule has 2 aliphatic rings. The predicted molar refractivity (Wildman–Crippen MR) is 110 cm³/mol. The minimum Gasteiger partial charge on any atom is -0.366 e. The number of ketones is 2. The third-order valence-electron chi connectivity index (χ3n) is 6.03. The molecule has 0 N–H and O–H groups in total. The lowest BCUT2D eigenvalue weighted by Crippen LogP contribution is -2.48. The number of carbonyl (C=O) groups is 2. The van der Waals surface area contributed by atoms with Gasteiger partial charge in [-0.15, -0.1) is 0 Å². The molecule has 2 aromatic carbocycles. The van der Waals surface area contributed by atoms with Crippen LogP contribution in [0.3, 0.4) is 0 Å². The zero-order chi connectivity index (χ0) is 20.2. The first kappa shape index (κ1) is 18.6. The van der Waals surface area contributed by atoms with E-state index in [4.69, 9.17) is 0 Å². The summed E-state index contributed by atoms with van der Waals surface area (Å²) >= 11 is 0. The first-order valence-corrected chi connectivity index (χ1v) is 9.76. The average Bonchev–Trinajstić information content (AvgIpc) is 2.88. The number of anilines is 1. The number of allylic oxidation sites excluding steroid dienone is 1. The van der Waals surface area contributed by atoms with Crippen LogP contribution in [0.15, 0.2) is 42.0 Å². The van der Waals surface area contributed by atoms with Gasteiger partial charge in [0.1, 0.15) is 5.82 Å². The minimum absolute atomic E-state index is 0.0381. The van der Waals surface area contributed by atoms with E-state index in [1.807, 2.05) is 6.07 Å². The summed E-state index contributed by atoms with van der Waals surface area (Å²) in [7, 11) is 0. The number of hydrogen-bond acceptors (Lipinski definition) is 3. The number of halogens is 1. The predicted octanol–water partition coefficient (Wildman–Crippen LogP) is 5.40. The van der Waals surface area contributed by atoms with Crippen molar-refractivity contribution < 1.29 is 14.0 Å². The molecule has 0 saturated carbocycles. The summed E-state index contributed by atoms with van der Waals surface area (Å²) in [5.41, 5.74) is 3.03. The van der Waals surface area contributed by atoms with Crippen molar-refractivity contribution in [2.45, 2.75) is 45.6 Å². The monoisotopic (exact) mass is 377 g/mol. The normalized spacial score (nSPS) is 20.2. The zero-order valence-corrected chi connectivity index (χ0v) is 16.7. The van der Waals surface area contributed by atoms with Crippen LogP contribution in [0.25, 0.3) is 6.08 Å². The second kappa shape index (κ2) is 6.40. The van der Waals surface area contributed by atoms with E-state index < -0.39 is 5.82 Å². The highest BCUT2D eigenvalue weighted by Gasteiger charge is 2.37. The highest BCUT2D eigenvalue weighted by Crippen LogP contribution is 2.44. The average molecular weight is 377 g/mol. The molecule has 4 rings (SSSR count). The Morgan fingerprint density at radius 1 is 1.14 bits per heavy atom. The van der Waals surface area contributed by atoms with Gasteiger partial charge in [0.05, 0.1) is 5.57 Å². The first-order chi connectivity index (χ1) is 13.2. The second-order valence-corrected chi connectivity index (χ2v) is 8.36. The summed E-state index contributed by atoms with van der Waals surface area (Å²) < 4.78 is 15.0. The van der Waals surface area contributed by atoms with Crippen LogP contribution in [0, 0.1) is 5.82 Å². The highest BCUT2D eigenvalue weighted by atomic mass is 19.1. The molecule has 0 spiro atoms. The fraction of sp³-hybridized carbons (Fsp3) is 0.333. The molecule has 1 atom stereocenters. The van der Waals surface area contributed by atoms with Crippen LogP contribution in [0.4, 0.5) is 10.1 Å². The van der Waals surface area contributed by atoms with Crippen LogP contribution >= 0.6 is 0 Å². The maximum atomic E-state index is 15.0. The fourth-order valence-electron chi connectivity index (χ4n) is 4.79. The van der Waals surface area contributed by atoms with Crippen LogP contribution in [-0.2, 0) is 0 Å². The van der Waals surface area contributed by atoms with Crippen LogP contribution in [0.2, 0.25) is 0 Å². The number of benzene rings is 2. The summed E-state index contributed by atoms with van der Waals surface area (Å²) in [6.07, 6.45) is 2.38. The van der Waals surface area contributed by atoms with Crippen molar-refractivity contribution in [1.29, 1.82) is 0 Å². The van der Waals surface area contributed by atoms with Crippen molar-refractivity contribution in [1.82, 2.24) is 0 Å². The Morgan fingerprint density at radius 2 is 1.75 bits per heavy atom. The Bertz CT molecular complexity index is 998. The molecule has 0 saturated heterocycles. The third-order valence-corrected chi connectivity index (χ3v) is 6.03. The van der Waals surface area contributed by atoms with Crippen LogP contribution in [0.1, 0.15) is 71.9 Å². The Kier molecular flexibility index (Phi) is 4.25. The zero-order valence-electron chi connectivity index (χ0n) is 16.7. The van der Waals surface area contributed by atoms with Gasteiger partial charge in [0.15, 0.2) is 11.6 Å². The van der Waals surface area contributed by atoms with Gasteiger partial charge in [0.25, 0.3) is 0 Å². The molecular formula is C24H24FNO2. The maximum Gasteiger partial charge on any atom is 0.197 e. The molecule has 1 unspecified atom stereocenters. The molecule has 1 aliphatic heterocycles. The van der Waals surface area contributed by atoms with Crippen molar-refractivity contribution in [3.05, 3.63) is 70.0 Å². The van der Waals surface area contributed by atoms with Crippen LogP contribution in [0.5, 0.6) is 0 Å². The molecule has 0 bridgehead atoms. The number of rotatable bonds is 2. The van der Waals surface area contributed by atoms with E-state index >= 15 is 4.39 Å². The number of hydrogen-bond donors (Lipinski definition) is 0. The summed E-state index contributed by atoms with van der Waals surface area (Å²) in [5.74, 6) is -0.812. The molecule has 3 nitrogen and oxygen atoms in total. The summed E-state index contributed by atoms with van der Waals surface area (Å²) in [6, 6.07) is 10.1. The van der Waals surface area contributed by atoms with Gasteiger partial charge in [-0.1, -0.05) is 31.2 Å². The maximum absolute atomic E-state index is 15.0. The number of nitrogens with zero attached hydrogens (tertiary/aromatic N) is 1. The molecule has 2 aromatic rings. The van der Waals surface area contributed by atoms with Crippen molar-refractivity contribution in [3.63, 3.8) is 0 Å².